The number of rotatable bonds is 8. The lowest BCUT2D eigenvalue weighted by Crippen LogP contribution is -2.43. The summed E-state index contributed by atoms with van der Waals surface area (Å²) in [6.07, 6.45) is 0.974. The molecule has 0 bridgehead atoms. The number of nitro groups is 1. The van der Waals surface area contributed by atoms with E-state index in [1.807, 2.05) is 47.4 Å². The summed E-state index contributed by atoms with van der Waals surface area (Å²) in [5, 5.41) is 10.9. The molecule has 3 aromatic carbocycles. The molecular weight excluding hydrogens is 436 g/mol. The molecule has 1 aliphatic rings. The number of benzene rings is 3. The van der Waals surface area contributed by atoms with Crippen molar-refractivity contribution in [3.63, 3.8) is 0 Å². The summed E-state index contributed by atoms with van der Waals surface area (Å²) in [5.74, 6) is 1.72. The number of ether oxygens (including phenoxy) is 3. The fraction of sp³-hybridized carbons (Fsp3) is 0.269. The number of carbonyl (C=O) groups is 1. The minimum atomic E-state index is -0.454. The molecule has 0 fully saturated rings. The van der Waals surface area contributed by atoms with Crippen LogP contribution in [-0.2, 0) is 17.6 Å². The van der Waals surface area contributed by atoms with Crippen molar-refractivity contribution in [2.24, 2.45) is 0 Å². The van der Waals surface area contributed by atoms with Crippen molar-refractivity contribution in [2.45, 2.75) is 18.9 Å². The Morgan fingerprint density at radius 1 is 1.03 bits per heavy atom. The van der Waals surface area contributed by atoms with Gasteiger partial charge in [-0.3, -0.25) is 14.9 Å². The highest BCUT2D eigenvalue weighted by Gasteiger charge is 2.32. The van der Waals surface area contributed by atoms with Crippen LogP contribution in [0.1, 0.15) is 22.7 Å². The largest absolute Gasteiger partial charge is 0.493 e. The fourth-order valence-corrected chi connectivity index (χ4v) is 4.22. The molecule has 8 nitrogen and oxygen atoms in total. The third kappa shape index (κ3) is 4.96. The number of hydrogen-bond acceptors (Lipinski definition) is 6. The first-order valence-corrected chi connectivity index (χ1v) is 11.0. The molecular formula is C26H26N2O6. The van der Waals surface area contributed by atoms with Gasteiger partial charge >= 0.3 is 0 Å². The van der Waals surface area contributed by atoms with E-state index in [9.17, 15) is 14.9 Å². The molecule has 0 saturated carbocycles. The Morgan fingerprint density at radius 3 is 2.35 bits per heavy atom. The van der Waals surface area contributed by atoms with Gasteiger partial charge in [0.1, 0.15) is 12.4 Å². The standard InChI is InChI=1S/C26H26N2O6/c1-32-24-15-19-12-13-27(26(29)14-18-6-4-3-5-7-18)23(22(19)16-25(24)33-2)17-34-21-10-8-20(9-11-21)28(30)31/h3-11,15-16,23H,12-14,17H2,1-2H3/t23-/m1/s1. The molecule has 34 heavy (non-hydrogen) atoms. The predicted molar refractivity (Wildman–Crippen MR) is 126 cm³/mol. The molecule has 0 aromatic heterocycles. The number of nitro benzene ring substituents is 1. The zero-order valence-electron chi connectivity index (χ0n) is 19.1. The number of nitrogens with zero attached hydrogens (tertiary/aromatic N) is 2. The average Bonchev–Trinajstić information content (AvgIpc) is 2.87. The lowest BCUT2D eigenvalue weighted by molar-refractivity contribution is -0.384. The summed E-state index contributed by atoms with van der Waals surface area (Å²) >= 11 is 0. The highest BCUT2D eigenvalue weighted by Crippen LogP contribution is 2.38. The van der Waals surface area contributed by atoms with Gasteiger partial charge in [-0.05, 0) is 47.4 Å². The van der Waals surface area contributed by atoms with Crippen molar-refractivity contribution < 1.29 is 23.9 Å². The SMILES string of the molecule is COc1cc2c(cc1OC)[C@@H](COc1ccc([N+](=O)[O-])cc1)N(C(=O)Cc1ccccc1)CC2. The van der Waals surface area contributed by atoms with Crippen LogP contribution in [0, 0.1) is 10.1 Å². The highest BCUT2D eigenvalue weighted by atomic mass is 16.6. The summed E-state index contributed by atoms with van der Waals surface area (Å²) in [6, 6.07) is 19.1. The van der Waals surface area contributed by atoms with Crippen molar-refractivity contribution in [1.82, 2.24) is 4.90 Å². The van der Waals surface area contributed by atoms with Crippen LogP contribution in [0.5, 0.6) is 17.2 Å². The van der Waals surface area contributed by atoms with Gasteiger partial charge < -0.3 is 19.1 Å². The van der Waals surface area contributed by atoms with E-state index >= 15 is 0 Å². The number of carbonyl (C=O) groups excluding carboxylic acids is 1. The molecule has 0 aliphatic carbocycles. The lowest BCUT2D eigenvalue weighted by Gasteiger charge is -2.37. The molecule has 0 saturated heterocycles. The molecule has 1 aliphatic heterocycles. The number of non-ortho nitro benzene ring substituents is 1. The molecule has 1 atom stereocenters. The average molecular weight is 463 g/mol. The first-order chi connectivity index (χ1) is 16.5. The minimum Gasteiger partial charge on any atom is -0.493 e. The van der Waals surface area contributed by atoms with Gasteiger partial charge in [-0.15, -0.1) is 0 Å². The van der Waals surface area contributed by atoms with Crippen LogP contribution in [0.3, 0.4) is 0 Å². The van der Waals surface area contributed by atoms with E-state index in [1.54, 1.807) is 26.4 Å². The normalized spacial score (nSPS) is 14.8. The summed E-state index contributed by atoms with van der Waals surface area (Å²) in [4.78, 5) is 25.7. The fourth-order valence-electron chi connectivity index (χ4n) is 4.22. The van der Waals surface area contributed by atoms with Crippen molar-refractivity contribution >= 4 is 11.6 Å². The maximum atomic E-state index is 13.3. The molecule has 1 heterocycles. The summed E-state index contributed by atoms with van der Waals surface area (Å²) in [7, 11) is 3.17. The molecule has 176 valence electrons. The Hall–Kier alpha value is -4.07. The van der Waals surface area contributed by atoms with E-state index in [-0.39, 0.29) is 30.7 Å². The molecule has 1 amide bonds. The van der Waals surface area contributed by atoms with Crippen LogP contribution in [0.15, 0.2) is 66.7 Å². The molecule has 0 unspecified atom stereocenters. The minimum absolute atomic E-state index is 0.00364. The van der Waals surface area contributed by atoms with Crippen LogP contribution in [0.25, 0.3) is 0 Å². The van der Waals surface area contributed by atoms with Crippen LogP contribution in [0.2, 0.25) is 0 Å². The van der Waals surface area contributed by atoms with Crippen molar-refractivity contribution in [2.75, 3.05) is 27.4 Å². The Labute approximate surface area is 197 Å². The Bertz CT molecular complexity index is 1160. The van der Waals surface area contributed by atoms with Crippen LogP contribution >= 0.6 is 0 Å². The maximum Gasteiger partial charge on any atom is 0.269 e. The second kappa shape index (κ2) is 10.2. The van der Waals surface area contributed by atoms with Crippen molar-refractivity contribution in [3.05, 3.63) is 93.5 Å². The van der Waals surface area contributed by atoms with Gasteiger partial charge in [-0.2, -0.15) is 0 Å². The highest BCUT2D eigenvalue weighted by molar-refractivity contribution is 5.79. The second-order valence-corrected chi connectivity index (χ2v) is 7.98. The van der Waals surface area contributed by atoms with Gasteiger partial charge in [-0.25, -0.2) is 0 Å². The van der Waals surface area contributed by atoms with Crippen molar-refractivity contribution in [1.29, 1.82) is 0 Å². The Kier molecular flexibility index (Phi) is 6.96. The van der Waals surface area contributed by atoms with E-state index in [4.69, 9.17) is 14.2 Å². The number of amides is 1. The number of hydrogen-bond donors (Lipinski definition) is 0. The van der Waals surface area contributed by atoms with E-state index in [2.05, 4.69) is 0 Å². The van der Waals surface area contributed by atoms with Gasteiger partial charge in [0.2, 0.25) is 5.91 Å². The Balaban J connectivity index is 1.63. The maximum absolute atomic E-state index is 13.3. The zero-order valence-corrected chi connectivity index (χ0v) is 19.1. The third-order valence-electron chi connectivity index (χ3n) is 5.98. The number of fused-ring (bicyclic) bond motifs is 1. The van der Waals surface area contributed by atoms with Gasteiger partial charge in [0.15, 0.2) is 11.5 Å². The van der Waals surface area contributed by atoms with E-state index in [0.717, 1.165) is 16.7 Å². The van der Waals surface area contributed by atoms with Gasteiger partial charge in [-0.1, -0.05) is 30.3 Å². The first kappa shape index (κ1) is 23.1. The van der Waals surface area contributed by atoms with Crippen LogP contribution < -0.4 is 14.2 Å². The van der Waals surface area contributed by atoms with Crippen LogP contribution in [-0.4, -0.2) is 43.1 Å². The van der Waals surface area contributed by atoms with E-state index in [1.165, 1.54) is 12.1 Å². The van der Waals surface area contributed by atoms with Gasteiger partial charge in [0, 0.05) is 18.7 Å². The van der Waals surface area contributed by atoms with Crippen LogP contribution in [0.4, 0.5) is 5.69 Å². The first-order valence-electron chi connectivity index (χ1n) is 11.0. The summed E-state index contributed by atoms with van der Waals surface area (Å²) in [6.45, 7) is 0.739. The predicted octanol–water partition coefficient (Wildman–Crippen LogP) is 4.36. The number of methoxy groups -OCH3 is 2. The quantitative estimate of drug-likeness (QED) is 0.365. The Morgan fingerprint density at radius 2 is 1.71 bits per heavy atom. The monoisotopic (exact) mass is 462 g/mol. The van der Waals surface area contributed by atoms with Crippen molar-refractivity contribution in [3.8, 4) is 17.2 Å². The van der Waals surface area contributed by atoms with Gasteiger partial charge in [0.25, 0.3) is 5.69 Å². The lowest BCUT2D eigenvalue weighted by atomic mass is 9.91. The summed E-state index contributed by atoms with van der Waals surface area (Å²) < 4.78 is 17.0. The zero-order chi connectivity index (χ0) is 24.1. The van der Waals surface area contributed by atoms with Gasteiger partial charge in [0.05, 0.1) is 31.6 Å². The summed E-state index contributed by atoms with van der Waals surface area (Å²) in [5.41, 5.74) is 2.94. The second-order valence-electron chi connectivity index (χ2n) is 7.98. The van der Waals surface area contributed by atoms with E-state index < -0.39 is 4.92 Å². The molecule has 0 spiro atoms. The van der Waals surface area contributed by atoms with E-state index in [0.29, 0.717) is 30.2 Å². The molecule has 4 rings (SSSR count). The smallest absolute Gasteiger partial charge is 0.269 e. The molecule has 3 aromatic rings. The third-order valence-corrected chi connectivity index (χ3v) is 5.98. The molecule has 8 heteroatoms. The molecule has 0 N–H and O–H groups in total. The topological polar surface area (TPSA) is 91.1 Å². The molecule has 0 radical (unpaired) electrons.